The predicted octanol–water partition coefficient (Wildman–Crippen LogP) is 2.99. The van der Waals surface area contributed by atoms with Crippen LogP contribution in [0.25, 0.3) is 11.1 Å². The Bertz CT molecular complexity index is 719. The van der Waals surface area contributed by atoms with Crippen LogP contribution in [0.15, 0.2) is 42.5 Å². The third-order valence-corrected chi connectivity index (χ3v) is 3.97. The fourth-order valence-electron chi connectivity index (χ4n) is 2.82. The second-order valence-corrected chi connectivity index (χ2v) is 5.96. The molecule has 2 N–H and O–H groups in total. The molecule has 2 aromatic carbocycles. The molecule has 3 rings (SSSR count). The van der Waals surface area contributed by atoms with Crippen molar-refractivity contribution < 1.29 is 24.5 Å². The van der Waals surface area contributed by atoms with E-state index in [0.29, 0.717) is 18.8 Å². The lowest BCUT2D eigenvalue weighted by Gasteiger charge is -2.11. The van der Waals surface area contributed by atoms with Crippen LogP contribution in [0.4, 0.5) is 0 Å². The van der Waals surface area contributed by atoms with E-state index in [4.69, 9.17) is 14.6 Å². The highest BCUT2D eigenvalue weighted by Crippen LogP contribution is 2.27. The summed E-state index contributed by atoms with van der Waals surface area (Å²) in [5, 5.41) is 18.8. The zero-order chi connectivity index (χ0) is 16.9. The number of phenols is 1. The van der Waals surface area contributed by atoms with Gasteiger partial charge >= 0.3 is 5.97 Å². The van der Waals surface area contributed by atoms with Gasteiger partial charge in [-0.3, -0.25) is 4.79 Å². The highest BCUT2D eigenvalue weighted by atomic mass is 16.5. The number of benzene rings is 2. The number of hydrogen-bond donors (Lipinski definition) is 2. The highest BCUT2D eigenvalue weighted by Gasteiger charge is 2.16. The van der Waals surface area contributed by atoms with Crippen LogP contribution < -0.4 is 0 Å². The van der Waals surface area contributed by atoms with E-state index in [1.807, 2.05) is 24.3 Å². The van der Waals surface area contributed by atoms with E-state index in [0.717, 1.165) is 29.7 Å². The van der Waals surface area contributed by atoms with Crippen LogP contribution in [-0.4, -0.2) is 35.5 Å². The van der Waals surface area contributed by atoms with Gasteiger partial charge in [-0.1, -0.05) is 24.3 Å². The van der Waals surface area contributed by atoms with Gasteiger partial charge < -0.3 is 19.7 Å². The Morgan fingerprint density at radius 3 is 2.75 bits per heavy atom. The van der Waals surface area contributed by atoms with Gasteiger partial charge in [0, 0.05) is 6.61 Å². The standard InChI is InChI=1S/C19H20O5/c20-17-8-14(9-19(21)22)7-16(10-17)15-3-1-2-13(6-15)11-24-18-4-5-23-12-18/h1-3,6-8,10,18,20H,4-5,9,11-12H2,(H,21,22). The quantitative estimate of drug-likeness (QED) is 0.852. The molecular formula is C19H20O5. The second-order valence-electron chi connectivity index (χ2n) is 5.96. The van der Waals surface area contributed by atoms with Crippen LogP contribution in [0.2, 0.25) is 0 Å². The zero-order valence-corrected chi connectivity index (χ0v) is 13.3. The van der Waals surface area contributed by atoms with Crippen LogP contribution in [-0.2, 0) is 27.3 Å². The minimum atomic E-state index is -0.924. The van der Waals surface area contributed by atoms with Gasteiger partial charge in [0.2, 0.25) is 0 Å². The smallest absolute Gasteiger partial charge is 0.307 e. The number of hydrogen-bond acceptors (Lipinski definition) is 4. The fourth-order valence-corrected chi connectivity index (χ4v) is 2.82. The third-order valence-electron chi connectivity index (χ3n) is 3.97. The number of phenolic OH excluding ortho intramolecular Hbond substituents is 1. The first-order valence-corrected chi connectivity index (χ1v) is 7.93. The molecule has 1 atom stereocenters. The van der Waals surface area contributed by atoms with Crippen molar-refractivity contribution in [3.8, 4) is 16.9 Å². The first kappa shape index (κ1) is 16.5. The molecule has 0 radical (unpaired) electrons. The Labute approximate surface area is 140 Å². The average molecular weight is 328 g/mol. The van der Waals surface area contributed by atoms with Gasteiger partial charge in [-0.05, 0) is 46.9 Å². The number of aromatic hydroxyl groups is 1. The maximum atomic E-state index is 10.9. The average Bonchev–Trinajstić information content (AvgIpc) is 3.05. The summed E-state index contributed by atoms with van der Waals surface area (Å²) in [5.74, 6) is -0.860. The van der Waals surface area contributed by atoms with Gasteiger partial charge in [-0.2, -0.15) is 0 Å². The number of carboxylic acid groups (broad SMARTS) is 1. The molecule has 5 heteroatoms. The van der Waals surface area contributed by atoms with Crippen LogP contribution in [0.3, 0.4) is 0 Å². The summed E-state index contributed by atoms with van der Waals surface area (Å²) >= 11 is 0. The van der Waals surface area contributed by atoms with Gasteiger partial charge in [0.25, 0.3) is 0 Å². The summed E-state index contributed by atoms with van der Waals surface area (Å²) in [6, 6.07) is 12.7. The number of carbonyl (C=O) groups is 1. The van der Waals surface area contributed by atoms with Gasteiger partial charge in [0.05, 0.1) is 25.7 Å². The molecule has 0 bridgehead atoms. The molecule has 0 amide bonds. The Balaban J connectivity index is 1.77. The Morgan fingerprint density at radius 1 is 1.17 bits per heavy atom. The molecule has 1 aliphatic heterocycles. The molecule has 1 heterocycles. The maximum absolute atomic E-state index is 10.9. The summed E-state index contributed by atoms with van der Waals surface area (Å²) in [4.78, 5) is 10.9. The monoisotopic (exact) mass is 328 g/mol. The molecule has 1 saturated heterocycles. The molecule has 5 nitrogen and oxygen atoms in total. The zero-order valence-electron chi connectivity index (χ0n) is 13.3. The lowest BCUT2D eigenvalue weighted by Crippen LogP contribution is -2.11. The topological polar surface area (TPSA) is 76.0 Å². The minimum absolute atomic E-state index is 0.0634. The van der Waals surface area contributed by atoms with Crippen LogP contribution in [0.5, 0.6) is 5.75 Å². The van der Waals surface area contributed by atoms with Crippen molar-refractivity contribution in [3.05, 3.63) is 53.6 Å². The Kier molecular flexibility index (Phi) is 5.13. The lowest BCUT2D eigenvalue weighted by molar-refractivity contribution is -0.136. The van der Waals surface area contributed by atoms with Crippen molar-refractivity contribution in [2.75, 3.05) is 13.2 Å². The summed E-state index contributed by atoms with van der Waals surface area (Å²) in [6.45, 7) is 1.90. The molecule has 2 aromatic rings. The fraction of sp³-hybridized carbons (Fsp3) is 0.316. The van der Waals surface area contributed by atoms with E-state index in [1.54, 1.807) is 12.1 Å². The van der Waals surface area contributed by atoms with E-state index < -0.39 is 5.97 Å². The van der Waals surface area contributed by atoms with Gasteiger partial charge in [0.1, 0.15) is 5.75 Å². The predicted molar refractivity (Wildman–Crippen MR) is 88.9 cm³/mol. The van der Waals surface area contributed by atoms with Crippen molar-refractivity contribution >= 4 is 5.97 Å². The number of carboxylic acids is 1. The van der Waals surface area contributed by atoms with Gasteiger partial charge in [-0.15, -0.1) is 0 Å². The molecule has 1 fully saturated rings. The van der Waals surface area contributed by atoms with E-state index in [1.165, 1.54) is 6.07 Å². The minimum Gasteiger partial charge on any atom is -0.508 e. The van der Waals surface area contributed by atoms with Gasteiger partial charge in [0.15, 0.2) is 0 Å². The third kappa shape index (κ3) is 4.34. The summed E-state index contributed by atoms with van der Waals surface area (Å²) in [6.07, 6.45) is 0.952. The first-order valence-electron chi connectivity index (χ1n) is 7.93. The Hall–Kier alpha value is -2.37. The molecule has 1 aliphatic rings. The molecule has 1 unspecified atom stereocenters. The SMILES string of the molecule is O=C(O)Cc1cc(O)cc(-c2cccc(COC3CCOC3)c2)c1. The number of aliphatic carboxylic acids is 1. The second kappa shape index (κ2) is 7.47. The van der Waals surface area contributed by atoms with Gasteiger partial charge in [-0.25, -0.2) is 0 Å². The molecule has 0 aromatic heterocycles. The van der Waals surface area contributed by atoms with Crippen LogP contribution in [0, 0.1) is 0 Å². The van der Waals surface area contributed by atoms with Crippen molar-refractivity contribution in [1.29, 1.82) is 0 Å². The van der Waals surface area contributed by atoms with Crippen molar-refractivity contribution in [3.63, 3.8) is 0 Å². The lowest BCUT2D eigenvalue weighted by atomic mass is 9.99. The van der Waals surface area contributed by atoms with Crippen molar-refractivity contribution in [2.24, 2.45) is 0 Å². The number of ether oxygens (including phenoxy) is 2. The van der Waals surface area contributed by atoms with E-state index >= 15 is 0 Å². The maximum Gasteiger partial charge on any atom is 0.307 e. The normalized spacial score (nSPS) is 17.1. The highest BCUT2D eigenvalue weighted by molar-refractivity contribution is 5.73. The largest absolute Gasteiger partial charge is 0.508 e. The summed E-state index contributed by atoms with van der Waals surface area (Å²) in [5.41, 5.74) is 3.31. The van der Waals surface area contributed by atoms with E-state index in [2.05, 4.69) is 0 Å². The molecule has 24 heavy (non-hydrogen) atoms. The van der Waals surface area contributed by atoms with Crippen molar-refractivity contribution in [2.45, 2.75) is 25.6 Å². The molecule has 0 spiro atoms. The van der Waals surface area contributed by atoms with Crippen LogP contribution >= 0.6 is 0 Å². The molecule has 0 saturated carbocycles. The first-order chi connectivity index (χ1) is 11.6. The van der Waals surface area contributed by atoms with E-state index in [-0.39, 0.29) is 18.3 Å². The molecule has 126 valence electrons. The summed E-state index contributed by atoms with van der Waals surface area (Å²) in [7, 11) is 0. The molecular weight excluding hydrogens is 308 g/mol. The van der Waals surface area contributed by atoms with E-state index in [9.17, 15) is 9.90 Å². The van der Waals surface area contributed by atoms with Crippen molar-refractivity contribution in [1.82, 2.24) is 0 Å². The van der Waals surface area contributed by atoms with Crippen LogP contribution in [0.1, 0.15) is 17.5 Å². The summed E-state index contributed by atoms with van der Waals surface area (Å²) < 4.78 is 11.1. The Morgan fingerprint density at radius 2 is 2.00 bits per heavy atom. The number of rotatable bonds is 6. The molecule has 0 aliphatic carbocycles.